The number of nitrogens with two attached hydrogens (primary N) is 1. The van der Waals surface area contributed by atoms with Crippen molar-refractivity contribution in [3.05, 3.63) is 89.3 Å². The first-order valence-corrected chi connectivity index (χ1v) is 13.0. The van der Waals surface area contributed by atoms with Crippen molar-refractivity contribution in [1.82, 2.24) is 29.7 Å². The Morgan fingerprint density at radius 1 is 1.10 bits per heavy atom. The molecular weight excluding hydrogens is 494 g/mol. The van der Waals surface area contributed by atoms with Crippen LogP contribution < -0.4 is 5.73 Å². The van der Waals surface area contributed by atoms with Crippen LogP contribution >= 0.6 is 0 Å². The van der Waals surface area contributed by atoms with E-state index in [2.05, 4.69) is 19.9 Å². The van der Waals surface area contributed by atoms with Crippen LogP contribution in [0.5, 0.6) is 0 Å². The number of benzene rings is 1. The number of aryl methyl sites for hydroxylation is 1. The van der Waals surface area contributed by atoms with Crippen molar-refractivity contribution in [2.24, 2.45) is 0 Å². The molecule has 10 nitrogen and oxygen atoms in total. The monoisotopic (exact) mass is 525 g/mol. The molecule has 1 fully saturated rings. The molecule has 0 bridgehead atoms. The molecule has 2 amide bonds. The Kier molecular flexibility index (Phi) is 7.36. The molecule has 1 saturated heterocycles. The van der Waals surface area contributed by atoms with Crippen molar-refractivity contribution < 1.29 is 14.7 Å². The SMILES string of the molecule is Cc1cc2cc(C(=O)N(Cc3ccc(C4CCN(C(=O)O)CC4)cn3)C(C)c3ncccn3)ccc2nc1N. The number of carboxylic acid groups (broad SMARTS) is 1. The summed E-state index contributed by atoms with van der Waals surface area (Å²) < 4.78 is 0. The van der Waals surface area contributed by atoms with E-state index in [-0.39, 0.29) is 18.4 Å². The maximum absolute atomic E-state index is 13.9. The second-order valence-corrected chi connectivity index (χ2v) is 9.94. The van der Waals surface area contributed by atoms with E-state index in [0.29, 0.717) is 30.3 Å². The number of nitrogen functional groups attached to an aromatic ring is 1. The number of carbonyl (C=O) groups is 2. The normalized spacial score (nSPS) is 14.8. The van der Waals surface area contributed by atoms with Crippen molar-refractivity contribution in [3.63, 3.8) is 0 Å². The number of anilines is 1. The fourth-order valence-electron chi connectivity index (χ4n) is 5.00. The van der Waals surface area contributed by atoms with Crippen LogP contribution in [0.25, 0.3) is 10.9 Å². The summed E-state index contributed by atoms with van der Waals surface area (Å²) in [5.74, 6) is 1.11. The molecular formula is C29H31N7O3. The molecule has 0 radical (unpaired) electrons. The summed E-state index contributed by atoms with van der Waals surface area (Å²) in [6.45, 7) is 5.11. The number of pyridine rings is 2. The van der Waals surface area contributed by atoms with Crippen LogP contribution in [-0.4, -0.2) is 59.9 Å². The molecule has 4 heterocycles. The van der Waals surface area contributed by atoms with Gasteiger partial charge in [0.05, 0.1) is 23.8 Å². The average Bonchev–Trinajstić information content (AvgIpc) is 2.96. The fraction of sp³-hybridized carbons (Fsp3) is 0.310. The number of fused-ring (bicyclic) bond motifs is 1. The van der Waals surface area contributed by atoms with Crippen LogP contribution in [0.15, 0.2) is 61.1 Å². The number of amides is 2. The highest BCUT2D eigenvalue weighted by Gasteiger charge is 2.27. The molecule has 0 aliphatic carbocycles. The Morgan fingerprint density at radius 2 is 1.85 bits per heavy atom. The summed E-state index contributed by atoms with van der Waals surface area (Å²) in [6.07, 6.45) is 5.84. The van der Waals surface area contributed by atoms with Crippen molar-refractivity contribution in [3.8, 4) is 0 Å². The fourth-order valence-corrected chi connectivity index (χ4v) is 5.00. The number of likely N-dealkylation sites (tertiary alicyclic amines) is 1. The molecule has 0 spiro atoms. The van der Waals surface area contributed by atoms with E-state index in [4.69, 9.17) is 5.73 Å². The minimum Gasteiger partial charge on any atom is -0.465 e. The van der Waals surface area contributed by atoms with Gasteiger partial charge in [-0.05, 0) is 80.1 Å². The Labute approximate surface area is 226 Å². The molecule has 1 aliphatic heterocycles. The van der Waals surface area contributed by atoms with Gasteiger partial charge in [-0.2, -0.15) is 0 Å². The van der Waals surface area contributed by atoms with Gasteiger partial charge in [-0.15, -0.1) is 0 Å². The standard InChI is InChI=1S/C29H31N7O3/c1-18-14-23-15-21(5-7-25(23)34-26(18)30)28(37)36(19(2)27-31-10-3-11-32-27)17-24-6-4-22(16-33-24)20-8-12-35(13-9-20)29(38)39/h3-7,10-11,14-16,19-20H,8-9,12-13,17H2,1-2H3,(H2,30,34)(H,38,39). The molecule has 0 saturated carbocycles. The van der Waals surface area contributed by atoms with E-state index in [1.807, 2.05) is 50.4 Å². The predicted octanol–water partition coefficient (Wildman–Crippen LogP) is 4.57. The quantitative estimate of drug-likeness (QED) is 0.373. The number of aromatic nitrogens is 4. The third-order valence-electron chi connectivity index (χ3n) is 7.40. The van der Waals surface area contributed by atoms with Crippen LogP contribution in [0.3, 0.4) is 0 Å². The third kappa shape index (κ3) is 5.64. The lowest BCUT2D eigenvalue weighted by molar-refractivity contribution is 0.0663. The van der Waals surface area contributed by atoms with Gasteiger partial charge in [0, 0.05) is 42.6 Å². The summed E-state index contributed by atoms with van der Waals surface area (Å²) in [6, 6.07) is 12.7. The third-order valence-corrected chi connectivity index (χ3v) is 7.40. The maximum Gasteiger partial charge on any atom is 0.407 e. The molecule has 1 atom stereocenters. The number of nitrogens with zero attached hydrogens (tertiary/aromatic N) is 6. The first kappa shape index (κ1) is 26.0. The highest BCUT2D eigenvalue weighted by molar-refractivity contribution is 5.98. The molecule has 4 aromatic rings. The summed E-state index contributed by atoms with van der Waals surface area (Å²) in [5.41, 5.74) is 9.90. The van der Waals surface area contributed by atoms with Crippen molar-refractivity contribution in [2.45, 2.75) is 45.2 Å². The zero-order chi connectivity index (χ0) is 27.5. The number of hydrogen-bond acceptors (Lipinski definition) is 7. The van der Waals surface area contributed by atoms with Gasteiger partial charge in [0.25, 0.3) is 5.91 Å². The first-order valence-electron chi connectivity index (χ1n) is 13.0. The molecule has 1 unspecified atom stereocenters. The Hall–Kier alpha value is -4.60. The summed E-state index contributed by atoms with van der Waals surface area (Å²) in [5, 5.41) is 10.0. The second-order valence-electron chi connectivity index (χ2n) is 9.94. The lowest BCUT2D eigenvalue weighted by Gasteiger charge is -2.30. The Bertz CT molecular complexity index is 1490. The van der Waals surface area contributed by atoms with Gasteiger partial charge in [0.1, 0.15) is 11.6 Å². The van der Waals surface area contributed by atoms with E-state index in [0.717, 1.165) is 40.6 Å². The maximum atomic E-state index is 13.9. The molecule has 3 aromatic heterocycles. The zero-order valence-electron chi connectivity index (χ0n) is 22.0. The molecule has 39 heavy (non-hydrogen) atoms. The molecule has 5 rings (SSSR count). The Balaban J connectivity index is 1.40. The number of rotatable bonds is 6. The molecule has 3 N–H and O–H groups in total. The van der Waals surface area contributed by atoms with Gasteiger partial charge in [-0.25, -0.2) is 19.7 Å². The van der Waals surface area contributed by atoms with E-state index in [1.165, 1.54) is 4.90 Å². The van der Waals surface area contributed by atoms with Gasteiger partial charge in [-0.3, -0.25) is 9.78 Å². The average molecular weight is 526 g/mol. The Morgan fingerprint density at radius 3 is 2.51 bits per heavy atom. The van der Waals surface area contributed by atoms with Crippen LogP contribution in [0.4, 0.5) is 10.6 Å². The smallest absolute Gasteiger partial charge is 0.407 e. The van der Waals surface area contributed by atoms with Gasteiger partial charge in [0.2, 0.25) is 0 Å². The van der Waals surface area contributed by atoms with Crippen molar-refractivity contribution >= 4 is 28.7 Å². The summed E-state index contributed by atoms with van der Waals surface area (Å²) in [7, 11) is 0. The lowest BCUT2D eigenvalue weighted by Crippen LogP contribution is -2.36. The van der Waals surface area contributed by atoms with Crippen LogP contribution in [-0.2, 0) is 6.54 Å². The van der Waals surface area contributed by atoms with Gasteiger partial charge in [0.15, 0.2) is 0 Å². The van der Waals surface area contributed by atoms with Gasteiger partial charge < -0.3 is 20.6 Å². The molecule has 1 aliphatic rings. The predicted molar refractivity (Wildman–Crippen MR) is 147 cm³/mol. The lowest BCUT2D eigenvalue weighted by atomic mass is 9.90. The van der Waals surface area contributed by atoms with E-state index in [9.17, 15) is 14.7 Å². The second kappa shape index (κ2) is 11.0. The minimum absolute atomic E-state index is 0.168. The molecule has 200 valence electrons. The van der Waals surface area contributed by atoms with Crippen molar-refractivity contribution in [2.75, 3.05) is 18.8 Å². The highest BCUT2D eigenvalue weighted by atomic mass is 16.4. The highest BCUT2D eigenvalue weighted by Crippen LogP contribution is 2.29. The van der Waals surface area contributed by atoms with E-state index in [1.54, 1.807) is 29.4 Å². The zero-order valence-corrected chi connectivity index (χ0v) is 22.0. The first-order chi connectivity index (χ1) is 18.8. The van der Waals surface area contributed by atoms with Crippen LogP contribution in [0.1, 0.15) is 64.7 Å². The molecule has 10 heteroatoms. The molecule has 1 aromatic carbocycles. The number of piperidine rings is 1. The van der Waals surface area contributed by atoms with Crippen molar-refractivity contribution in [1.29, 1.82) is 0 Å². The van der Waals surface area contributed by atoms with Gasteiger partial charge in [-0.1, -0.05) is 6.07 Å². The summed E-state index contributed by atoms with van der Waals surface area (Å²) in [4.78, 5) is 46.2. The summed E-state index contributed by atoms with van der Waals surface area (Å²) >= 11 is 0. The minimum atomic E-state index is -0.870. The van der Waals surface area contributed by atoms with Crippen LogP contribution in [0, 0.1) is 6.92 Å². The van der Waals surface area contributed by atoms with Gasteiger partial charge >= 0.3 is 6.09 Å². The van der Waals surface area contributed by atoms with E-state index >= 15 is 0 Å². The number of hydrogen-bond donors (Lipinski definition) is 2. The largest absolute Gasteiger partial charge is 0.465 e. The number of carbonyl (C=O) groups excluding carboxylic acids is 1. The van der Waals surface area contributed by atoms with E-state index < -0.39 is 12.1 Å². The van der Waals surface area contributed by atoms with Crippen LogP contribution in [0.2, 0.25) is 0 Å². The topological polar surface area (TPSA) is 138 Å².